The molecular weight excluding hydrogens is 295 g/mol. The molecule has 0 bridgehead atoms. The molecule has 0 spiro atoms. The number of β-amino-alcohol motifs (C(OH)–C–C–N with tert-alkyl or cyclic N) is 1. The van der Waals surface area contributed by atoms with Crippen LogP contribution in [0, 0.1) is 11.7 Å². The van der Waals surface area contributed by atoms with Crippen molar-refractivity contribution in [3.8, 4) is 0 Å². The first-order valence-corrected chi connectivity index (χ1v) is 8.40. The summed E-state index contributed by atoms with van der Waals surface area (Å²) in [5.74, 6) is -0.455. The van der Waals surface area contributed by atoms with Crippen molar-refractivity contribution < 1.29 is 14.3 Å². The Balaban J connectivity index is 1.76. The smallest absolute Gasteiger partial charge is 0.227 e. The normalized spacial score (nSPS) is 19.3. The van der Waals surface area contributed by atoms with Gasteiger partial charge in [-0.15, -0.1) is 0 Å². The topological polar surface area (TPSA) is 52.6 Å². The van der Waals surface area contributed by atoms with Crippen LogP contribution in [0.15, 0.2) is 24.3 Å². The molecule has 1 aliphatic heterocycles. The van der Waals surface area contributed by atoms with Gasteiger partial charge in [0.1, 0.15) is 5.82 Å². The average molecular weight is 322 g/mol. The van der Waals surface area contributed by atoms with Crippen molar-refractivity contribution in [3.63, 3.8) is 0 Å². The molecule has 1 aromatic carbocycles. The number of aliphatic hydroxyl groups excluding tert-OH is 1. The maximum atomic E-state index is 13.7. The van der Waals surface area contributed by atoms with Gasteiger partial charge in [-0.3, -0.25) is 4.79 Å². The van der Waals surface area contributed by atoms with Gasteiger partial charge in [-0.2, -0.15) is 0 Å². The van der Waals surface area contributed by atoms with E-state index >= 15 is 0 Å². The summed E-state index contributed by atoms with van der Waals surface area (Å²) in [6.07, 6.45) is 1.72. The first-order valence-electron chi connectivity index (χ1n) is 8.40. The van der Waals surface area contributed by atoms with Gasteiger partial charge in [0.25, 0.3) is 0 Å². The third-order valence-electron chi connectivity index (χ3n) is 4.62. The van der Waals surface area contributed by atoms with Gasteiger partial charge < -0.3 is 15.3 Å². The minimum atomic E-state index is -0.597. The Kier molecular flexibility index (Phi) is 6.54. The lowest BCUT2D eigenvalue weighted by atomic mass is 9.99. The molecule has 4 nitrogen and oxygen atoms in total. The number of nitrogens with zero attached hydrogens (tertiary/aromatic N) is 1. The quantitative estimate of drug-likeness (QED) is 0.844. The molecule has 1 aromatic rings. The molecule has 2 N–H and O–H groups in total. The Morgan fingerprint density at radius 2 is 2.04 bits per heavy atom. The number of halogens is 1. The summed E-state index contributed by atoms with van der Waals surface area (Å²) in [7, 11) is 0. The predicted molar refractivity (Wildman–Crippen MR) is 88.7 cm³/mol. The number of aliphatic hydroxyl groups is 1. The fourth-order valence-corrected chi connectivity index (χ4v) is 2.95. The van der Waals surface area contributed by atoms with Crippen LogP contribution in [0.25, 0.3) is 0 Å². The predicted octanol–water partition coefficient (Wildman–Crippen LogP) is 2.14. The molecule has 1 fully saturated rings. The van der Waals surface area contributed by atoms with E-state index in [1.54, 1.807) is 25.1 Å². The minimum absolute atomic E-state index is 0.198. The summed E-state index contributed by atoms with van der Waals surface area (Å²) in [5, 5.41) is 12.8. The van der Waals surface area contributed by atoms with Crippen LogP contribution >= 0.6 is 0 Å². The van der Waals surface area contributed by atoms with Gasteiger partial charge in [0.05, 0.1) is 12.0 Å². The van der Waals surface area contributed by atoms with Crippen LogP contribution in [0.5, 0.6) is 0 Å². The first-order chi connectivity index (χ1) is 11.0. The Hall–Kier alpha value is -1.46. The molecule has 5 heteroatoms. The van der Waals surface area contributed by atoms with Crippen LogP contribution in [0.1, 0.15) is 38.2 Å². The van der Waals surface area contributed by atoms with Gasteiger partial charge in [-0.1, -0.05) is 25.1 Å². The molecule has 0 radical (unpaired) electrons. The third-order valence-corrected chi connectivity index (χ3v) is 4.62. The standard InChI is InChI=1S/C18H27FN2O2/c1-13-7-9-21(10-8-13)12-15(22)11-20-18(23)14(2)16-5-3-4-6-17(16)19/h3-6,13-15,22H,7-12H2,1-2H3,(H,20,23). The van der Waals surface area contributed by atoms with E-state index < -0.39 is 12.0 Å². The van der Waals surface area contributed by atoms with E-state index in [9.17, 15) is 14.3 Å². The number of rotatable bonds is 6. The number of hydrogen-bond donors (Lipinski definition) is 2. The zero-order valence-electron chi connectivity index (χ0n) is 14.0. The summed E-state index contributed by atoms with van der Waals surface area (Å²) in [6, 6.07) is 6.29. The van der Waals surface area contributed by atoms with Crippen LogP contribution in [0.2, 0.25) is 0 Å². The average Bonchev–Trinajstić information content (AvgIpc) is 2.54. The minimum Gasteiger partial charge on any atom is -0.390 e. The van der Waals surface area contributed by atoms with Crippen molar-refractivity contribution in [1.29, 1.82) is 0 Å². The number of carbonyl (C=O) groups excluding carboxylic acids is 1. The highest BCUT2D eigenvalue weighted by atomic mass is 19.1. The second-order valence-corrected chi connectivity index (χ2v) is 6.63. The zero-order valence-corrected chi connectivity index (χ0v) is 14.0. The van der Waals surface area contributed by atoms with Crippen molar-refractivity contribution in [1.82, 2.24) is 10.2 Å². The number of benzene rings is 1. The summed E-state index contributed by atoms with van der Waals surface area (Å²) < 4.78 is 13.7. The molecule has 0 aromatic heterocycles. The van der Waals surface area contributed by atoms with Gasteiger partial charge in [-0.05, 0) is 50.4 Å². The molecule has 0 aliphatic carbocycles. The molecule has 1 amide bonds. The molecule has 1 saturated heterocycles. The van der Waals surface area contributed by atoms with E-state index in [-0.39, 0.29) is 18.3 Å². The Morgan fingerprint density at radius 1 is 1.39 bits per heavy atom. The maximum absolute atomic E-state index is 13.7. The van der Waals surface area contributed by atoms with E-state index in [1.807, 2.05) is 0 Å². The summed E-state index contributed by atoms with van der Waals surface area (Å²) in [4.78, 5) is 14.4. The van der Waals surface area contributed by atoms with E-state index in [0.717, 1.165) is 31.8 Å². The van der Waals surface area contributed by atoms with Crippen LogP contribution in [0.4, 0.5) is 4.39 Å². The largest absolute Gasteiger partial charge is 0.390 e. The van der Waals surface area contributed by atoms with Gasteiger partial charge in [0.15, 0.2) is 0 Å². The van der Waals surface area contributed by atoms with Crippen molar-refractivity contribution in [2.75, 3.05) is 26.2 Å². The highest BCUT2D eigenvalue weighted by molar-refractivity contribution is 5.83. The molecule has 2 unspecified atom stereocenters. The number of carbonyl (C=O) groups is 1. The van der Waals surface area contributed by atoms with E-state index in [4.69, 9.17) is 0 Å². The van der Waals surface area contributed by atoms with E-state index in [1.165, 1.54) is 6.07 Å². The Bertz CT molecular complexity index is 515. The highest BCUT2D eigenvalue weighted by Crippen LogP contribution is 2.19. The second-order valence-electron chi connectivity index (χ2n) is 6.63. The lowest BCUT2D eigenvalue weighted by Crippen LogP contribution is -2.43. The molecule has 0 saturated carbocycles. The highest BCUT2D eigenvalue weighted by Gasteiger charge is 2.21. The number of nitrogens with one attached hydrogen (secondary N) is 1. The number of amides is 1. The Morgan fingerprint density at radius 3 is 2.70 bits per heavy atom. The molecule has 1 heterocycles. The molecule has 2 rings (SSSR count). The fraction of sp³-hybridized carbons (Fsp3) is 0.611. The van der Waals surface area contributed by atoms with E-state index in [2.05, 4.69) is 17.1 Å². The van der Waals surface area contributed by atoms with Crippen molar-refractivity contribution in [3.05, 3.63) is 35.6 Å². The molecular formula is C18H27FN2O2. The summed E-state index contributed by atoms with van der Waals surface area (Å²) in [6.45, 7) is 6.69. The van der Waals surface area contributed by atoms with E-state index in [0.29, 0.717) is 12.1 Å². The number of piperidine rings is 1. The molecule has 128 valence electrons. The summed E-state index contributed by atoms with van der Waals surface area (Å²) >= 11 is 0. The van der Waals surface area contributed by atoms with Crippen molar-refractivity contribution in [2.24, 2.45) is 5.92 Å². The molecule has 2 atom stereocenters. The first kappa shape index (κ1) is 17.9. The number of likely N-dealkylation sites (tertiary alicyclic amines) is 1. The van der Waals surface area contributed by atoms with Gasteiger partial charge in [0.2, 0.25) is 5.91 Å². The van der Waals surface area contributed by atoms with Crippen LogP contribution in [-0.2, 0) is 4.79 Å². The molecule has 1 aliphatic rings. The maximum Gasteiger partial charge on any atom is 0.227 e. The van der Waals surface area contributed by atoms with Gasteiger partial charge in [0, 0.05) is 13.1 Å². The lowest BCUT2D eigenvalue weighted by Gasteiger charge is -2.31. The third kappa shape index (κ3) is 5.29. The lowest BCUT2D eigenvalue weighted by molar-refractivity contribution is -0.122. The summed E-state index contributed by atoms with van der Waals surface area (Å²) in [5.41, 5.74) is 0.379. The zero-order chi connectivity index (χ0) is 16.8. The Labute approximate surface area is 137 Å². The van der Waals surface area contributed by atoms with Crippen LogP contribution < -0.4 is 5.32 Å². The van der Waals surface area contributed by atoms with Crippen LogP contribution in [-0.4, -0.2) is 48.2 Å². The fourth-order valence-electron chi connectivity index (χ4n) is 2.95. The van der Waals surface area contributed by atoms with Crippen molar-refractivity contribution in [2.45, 2.75) is 38.7 Å². The monoisotopic (exact) mass is 322 g/mol. The van der Waals surface area contributed by atoms with Gasteiger partial charge >= 0.3 is 0 Å². The SMILES string of the molecule is CC1CCN(CC(O)CNC(=O)C(C)c2ccccc2F)CC1. The van der Waals surface area contributed by atoms with Gasteiger partial charge in [-0.25, -0.2) is 4.39 Å². The second kappa shape index (κ2) is 8.41. The van der Waals surface area contributed by atoms with Crippen molar-refractivity contribution >= 4 is 5.91 Å². The van der Waals surface area contributed by atoms with Crippen LogP contribution in [0.3, 0.4) is 0 Å². The molecule has 23 heavy (non-hydrogen) atoms. The number of hydrogen-bond acceptors (Lipinski definition) is 3.